The van der Waals surface area contributed by atoms with E-state index in [9.17, 15) is 14.7 Å². The summed E-state index contributed by atoms with van der Waals surface area (Å²) in [5.41, 5.74) is -0.829. The molecule has 0 aromatic heterocycles. The van der Waals surface area contributed by atoms with Crippen molar-refractivity contribution in [2.75, 3.05) is 6.61 Å². The van der Waals surface area contributed by atoms with Crippen molar-refractivity contribution in [3.8, 4) is 0 Å². The molecule has 0 aliphatic carbocycles. The molecule has 0 bridgehead atoms. The van der Waals surface area contributed by atoms with E-state index in [1.54, 1.807) is 6.92 Å². The maximum atomic E-state index is 12.1. The lowest BCUT2D eigenvalue weighted by Gasteiger charge is -2.42. The fourth-order valence-corrected chi connectivity index (χ4v) is 2.12. The van der Waals surface area contributed by atoms with Gasteiger partial charge in [0, 0.05) is 11.8 Å². The fourth-order valence-electron chi connectivity index (χ4n) is 2.12. The Bertz CT molecular complexity index is 370. The zero-order valence-electron chi connectivity index (χ0n) is 15.1. The number of hydrogen-bond donors (Lipinski definition) is 1. The first-order valence-corrected chi connectivity index (χ1v) is 7.96. The van der Waals surface area contributed by atoms with Gasteiger partial charge in [0.25, 0.3) is 0 Å². The molecule has 0 aromatic rings. The van der Waals surface area contributed by atoms with Crippen LogP contribution in [0.15, 0.2) is 0 Å². The van der Waals surface area contributed by atoms with Gasteiger partial charge in [0.15, 0.2) is 0 Å². The second kappa shape index (κ2) is 8.51. The van der Waals surface area contributed by atoms with E-state index < -0.39 is 23.6 Å². The molecule has 0 heterocycles. The number of esters is 2. The second-order valence-corrected chi connectivity index (χ2v) is 7.45. The summed E-state index contributed by atoms with van der Waals surface area (Å²) in [6.07, 6.45) is -0.233. The van der Waals surface area contributed by atoms with Crippen LogP contribution in [-0.4, -0.2) is 35.4 Å². The first kappa shape index (κ1) is 20.9. The van der Waals surface area contributed by atoms with Crippen LogP contribution in [0.5, 0.6) is 0 Å². The van der Waals surface area contributed by atoms with Crippen LogP contribution in [0.25, 0.3) is 0 Å². The standard InChI is InChI=1S/C17H32O5/c1-8-14(19)21-11-13(18)9-15(20)22-17(7,10-12(2)3)16(4,5)6/h12-13,18H,8-11H2,1-7H3. The van der Waals surface area contributed by atoms with E-state index in [0.29, 0.717) is 5.92 Å². The molecule has 2 atom stereocenters. The Balaban J connectivity index is 4.61. The lowest BCUT2D eigenvalue weighted by molar-refractivity contribution is -0.176. The van der Waals surface area contributed by atoms with Gasteiger partial charge in [-0.3, -0.25) is 9.59 Å². The molecule has 0 amide bonds. The quantitative estimate of drug-likeness (QED) is 0.697. The van der Waals surface area contributed by atoms with Gasteiger partial charge in [-0.25, -0.2) is 0 Å². The van der Waals surface area contributed by atoms with Crippen molar-refractivity contribution in [1.29, 1.82) is 0 Å². The Hall–Kier alpha value is -1.10. The molecule has 0 aromatic carbocycles. The lowest BCUT2D eigenvalue weighted by atomic mass is 9.73. The molecule has 5 nitrogen and oxygen atoms in total. The van der Waals surface area contributed by atoms with Gasteiger partial charge in [-0.05, 0) is 19.3 Å². The van der Waals surface area contributed by atoms with Crippen LogP contribution >= 0.6 is 0 Å². The molecule has 0 saturated carbocycles. The van der Waals surface area contributed by atoms with Gasteiger partial charge in [-0.1, -0.05) is 41.5 Å². The molecule has 22 heavy (non-hydrogen) atoms. The van der Waals surface area contributed by atoms with E-state index in [1.165, 1.54) is 0 Å². The van der Waals surface area contributed by atoms with Gasteiger partial charge in [0.2, 0.25) is 0 Å². The van der Waals surface area contributed by atoms with E-state index in [2.05, 4.69) is 13.8 Å². The van der Waals surface area contributed by atoms with E-state index in [4.69, 9.17) is 9.47 Å². The zero-order valence-corrected chi connectivity index (χ0v) is 15.1. The summed E-state index contributed by atoms with van der Waals surface area (Å²) in [7, 11) is 0. The molecule has 0 spiro atoms. The molecule has 0 saturated heterocycles. The Morgan fingerprint density at radius 1 is 1.09 bits per heavy atom. The minimum Gasteiger partial charge on any atom is -0.463 e. The van der Waals surface area contributed by atoms with Crippen LogP contribution in [-0.2, 0) is 19.1 Å². The van der Waals surface area contributed by atoms with Crippen LogP contribution < -0.4 is 0 Å². The topological polar surface area (TPSA) is 72.8 Å². The van der Waals surface area contributed by atoms with Crippen LogP contribution in [0.4, 0.5) is 0 Å². The molecule has 0 aliphatic rings. The highest BCUT2D eigenvalue weighted by Gasteiger charge is 2.41. The van der Waals surface area contributed by atoms with Crippen LogP contribution in [0.1, 0.15) is 67.7 Å². The minimum absolute atomic E-state index is 0.180. The predicted molar refractivity (Wildman–Crippen MR) is 85.3 cm³/mol. The summed E-state index contributed by atoms with van der Waals surface area (Å²) in [6, 6.07) is 0. The highest BCUT2D eigenvalue weighted by Crippen LogP contribution is 2.38. The average Bonchev–Trinajstić information content (AvgIpc) is 2.33. The number of carbonyl (C=O) groups is 2. The molecule has 130 valence electrons. The summed E-state index contributed by atoms with van der Waals surface area (Å²) >= 11 is 0. The normalized spacial score (nSPS) is 16.0. The average molecular weight is 316 g/mol. The summed E-state index contributed by atoms with van der Waals surface area (Å²) in [5, 5.41) is 9.77. The number of aliphatic hydroxyl groups excluding tert-OH is 1. The fraction of sp³-hybridized carbons (Fsp3) is 0.882. The Morgan fingerprint density at radius 3 is 2.05 bits per heavy atom. The molecule has 0 aliphatic heterocycles. The first-order chi connectivity index (χ1) is 9.91. The van der Waals surface area contributed by atoms with Crippen LogP contribution in [0.2, 0.25) is 0 Å². The van der Waals surface area contributed by atoms with Gasteiger partial charge < -0.3 is 14.6 Å². The highest BCUT2D eigenvalue weighted by molar-refractivity contribution is 5.71. The smallest absolute Gasteiger partial charge is 0.309 e. The van der Waals surface area contributed by atoms with Gasteiger partial charge in [-0.15, -0.1) is 0 Å². The summed E-state index contributed by atoms with van der Waals surface area (Å²) in [6.45, 7) is 13.7. The zero-order chi connectivity index (χ0) is 17.6. The number of hydrogen-bond acceptors (Lipinski definition) is 5. The Kier molecular flexibility index (Phi) is 8.09. The lowest BCUT2D eigenvalue weighted by Crippen LogP contribution is -2.45. The largest absolute Gasteiger partial charge is 0.463 e. The summed E-state index contributed by atoms with van der Waals surface area (Å²) in [4.78, 5) is 23.1. The van der Waals surface area contributed by atoms with E-state index in [0.717, 1.165) is 6.42 Å². The van der Waals surface area contributed by atoms with Crippen LogP contribution in [0.3, 0.4) is 0 Å². The number of ether oxygens (including phenoxy) is 2. The second-order valence-electron chi connectivity index (χ2n) is 7.45. The van der Waals surface area contributed by atoms with E-state index >= 15 is 0 Å². The van der Waals surface area contributed by atoms with Crippen molar-refractivity contribution in [1.82, 2.24) is 0 Å². The summed E-state index contributed by atoms with van der Waals surface area (Å²) in [5.74, 6) is -0.489. The molecular weight excluding hydrogens is 284 g/mol. The molecule has 5 heteroatoms. The third-order valence-electron chi connectivity index (χ3n) is 3.85. The van der Waals surface area contributed by atoms with Crippen molar-refractivity contribution >= 4 is 11.9 Å². The SMILES string of the molecule is CCC(=O)OCC(O)CC(=O)OC(C)(CC(C)C)C(C)(C)C. The Morgan fingerprint density at radius 2 is 1.64 bits per heavy atom. The van der Waals surface area contributed by atoms with Crippen molar-refractivity contribution in [2.45, 2.75) is 79.4 Å². The number of rotatable bonds is 8. The van der Waals surface area contributed by atoms with Crippen molar-refractivity contribution in [2.24, 2.45) is 11.3 Å². The molecule has 1 N–H and O–H groups in total. The van der Waals surface area contributed by atoms with Gasteiger partial charge in [0.05, 0.1) is 12.5 Å². The highest BCUT2D eigenvalue weighted by atomic mass is 16.6. The van der Waals surface area contributed by atoms with Crippen molar-refractivity contribution in [3.63, 3.8) is 0 Å². The van der Waals surface area contributed by atoms with E-state index in [-0.39, 0.29) is 24.9 Å². The third kappa shape index (κ3) is 7.25. The molecule has 0 fully saturated rings. The van der Waals surface area contributed by atoms with Crippen molar-refractivity contribution in [3.05, 3.63) is 0 Å². The molecular formula is C17H32O5. The van der Waals surface area contributed by atoms with Gasteiger partial charge in [0.1, 0.15) is 12.2 Å². The van der Waals surface area contributed by atoms with Gasteiger partial charge in [-0.2, -0.15) is 0 Å². The third-order valence-corrected chi connectivity index (χ3v) is 3.85. The first-order valence-electron chi connectivity index (χ1n) is 7.96. The summed E-state index contributed by atoms with van der Waals surface area (Å²) < 4.78 is 10.5. The monoisotopic (exact) mass is 316 g/mol. The van der Waals surface area contributed by atoms with E-state index in [1.807, 2.05) is 27.7 Å². The maximum absolute atomic E-state index is 12.1. The van der Waals surface area contributed by atoms with Crippen LogP contribution in [0, 0.1) is 11.3 Å². The molecule has 0 rings (SSSR count). The van der Waals surface area contributed by atoms with Gasteiger partial charge >= 0.3 is 11.9 Å². The molecule has 0 radical (unpaired) electrons. The predicted octanol–water partition coefficient (Wildman–Crippen LogP) is 3.08. The van der Waals surface area contributed by atoms with Crippen molar-refractivity contribution < 1.29 is 24.2 Å². The number of aliphatic hydroxyl groups is 1. The number of carbonyl (C=O) groups excluding carboxylic acids is 2. The molecule has 2 unspecified atom stereocenters. The maximum Gasteiger partial charge on any atom is 0.309 e. The Labute approximate surface area is 134 Å². The minimum atomic E-state index is -1.04.